The zero-order valence-corrected chi connectivity index (χ0v) is 12.4. The van der Waals surface area contributed by atoms with E-state index in [1.165, 1.54) is 0 Å². The van der Waals surface area contributed by atoms with E-state index in [0.29, 0.717) is 25.6 Å². The number of hydrogen-bond donors (Lipinski definition) is 2. The number of rotatable bonds is 5. The molecule has 1 saturated heterocycles. The Morgan fingerprint density at radius 3 is 2.68 bits per heavy atom. The Balaban J connectivity index is 2.75. The fourth-order valence-corrected chi connectivity index (χ4v) is 1.99. The number of nitrogens with two attached hydrogens (primary N) is 1. The number of carbonyl (C=O) groups is 1. The average Bonchev–Trinajstić information content (AvgIpc) is 2.28. The van der Waals surface area contributed by atoms with E-state index in [-0.39, 0.29) is 11.9 Å². The molecule has 3 N–H and O–H groups in total. The molecule has 1 fully saturated rings. The van der Waals surface area contributed by atoms with Crippen molar-refractivity contribution in [1.82, 2.24) is 10.2 Å². The van der Waals surface area contributed by atoms with Crippen LogP contribution in [0.5, 0.6) is 0 Å². The molecule has 1 amide bonds. The van der Waals surface area contributed by atoms with Crippen molar-refractivity contribution < 1.29 is 4.79 Å². The van der Waals surface area contributed by atoms with Crippen LogP contribution < -0.4 is 11.1 Å². The minimum Gasteiger partial charge on any atom is -0.401 e. The Kier molecular flexibility index (Phi) is 6.02. The van der Waals surface area contributed by atoms with E-state index in [0.717, 1.165) is 17.8 Å². The van der Waals surface area contributed by atoms with Gasteiger partial charge in [0.2, 0.25) is 5.91 Å². The molecule has 5 nitrogen and oxygen atoms in total. The number of hydrogen-bond acceptors (Lipinski definition) is 4. The summed E-state index contributed by atoms with van der Waals surface area (Å²) < 4.78 is 0. The molecular weight excluding hydrogens is 240 g/mol. The molecule has 0 aliphatic carbocycles. The maximum absolute atomic E-state index is 11.3. The molecule has 5 heteroatoms. The zero-order valence-electron chi connectivity index (χ0n) is 12.4. The summed E-state index contributed by atoms with van der Waals surface area (Å²) in [6, 6.07) is 0.266. The molecule has 1 heterocycles. The third kappa shape index (κ3) is 5.42. The van der Waals surface area contributed by atoms with Crippen molar-refractivity contribution in [1.29, 1.82) is 0 Å². The Labute approximate surface area is 115 Å². The van der Waals surface area contributed by atoms with Crippen LogP contribution in [-0.4, -0.2) is 49.2 Å². The minimum absolute atomic E-state index is 0.0704. The monoisotopic (exact) mass is 266 g/mol. The van der Waals surface area contributed by atoms with E-state index in [2.05, 4.69) is 29.1 Å². The van der Waals surface area contributed by atoms with Gasteiger partial charge in [0.1, 0.15) is 0 Å². The molecule has 0 aromatic rings. The first-order valence-electron chi connectivity index (χ1n) is 6.91. The van der Waals surface area contributed by atoms with E-state index >= 15 is 0 Å². The molecule has 0 bridgehead atoms. The summed E-state index contributed by atoms with van der Waals surface area (Å²) in [4.78, 5) is 17.8. The topological polar surface area (TPSA) is 70.7 Å². The summed E-state index contributed by atoms with van der Waals surface area (Å²) in [6.45, 7) is 10.9. The van der Waals surface area contributed by atoms with Crippen molar-refractivity contribution >= 4 is 12.1 Å². The van der Waals surface area contributed by atoms with Gasteiger partial charge in [-0.1, -0.05) is 13.8 Å². The van der Waals surface area contributed by atoms with Gasteiger partial charge >= 0.3 is 0 Å². The highest BCUT2D eigenvalue weighted by molar-refractivity contribution is 5.80. The Morgan fingerprint density at radius 1 is 1.47 bits per heavy atom. The quantitative estimate of drug-likeness (QED) is 0.722. The molecule has 19 heavy (non-hydrogen) atoms. The molecule has 0 spiro atoms. The van der Waals surface area contributed by atoms with E-state index in [9.17, 15) is 4.79 Å². The normalized spacial score (nSPS) is 19.2. The van der Waals surface area contributed by atoms with Gasteiger partial charge in [0.25, 0.3) is 0 Å². The first-order valence-corrected chi connectivity index (χ1v) is 6.91. The van der Waals surface area contributed by atoms with Gasteiger partial charge < -0.3 is 11.1 Å². The summed E-state index contributed by atoms with van der Waals surface area (Å²) in [7, 11) is 0. The van der Waals surface area contributed by atoms with Crippen molar-refractivity contribution in [2.45, 2.75) is 33.7 Å². The smallest absolute Gasteiger partial charge is 0.234 e. The first-order chi connectivity index (χ1) is 8.90. The summed E-state index contributed by atoms with van der Waals surface area (Å²) in [5.74, 6) is 0.405. The van der Waals surface area contributed by atoms with Crippen LogP contribution in [0.2, 0.25) is 0 Å². The SMILES string of the molecule is CC(C)N=CC(=C(N)CN1CCNC(=O)C1)C(C)C. The Hall–Kier alpha value is -1.36. The Morgan fingerprint density at radius 2 is 2.16 bits per heavy atom. The number of nitrogens with zero attached hydrogens (tertiary/aromatic N) is 2. The van der Waals surface area contributed by atoms with Gasteiger partial charge in [-0.15, -0.1) is 0 Å². The molecule has 0 unspecified atom stereocenters. The predicted octanol–water partition coefficient (Wildman–Crippen LogP) is 0.766. The van der Waals surface area contributed by atoms with Crippen LogP contribution in [0.25, 0.3) is 0 Å². The first kappa shape index (κ1) is 15.7. The molecule has 0 aromatic carbocycles. The van der Waals surface area contributed by atoms with Gasteiger partial charge in [0.05, 0.1) is 6.54 Å². The third-order valence-corrected chi connectivity index (χ3v) is 3.02. The van der Waals surface area contributed by atoms with E-state index in [1.807, 2.05) is 20.1 Å². The van der Waals surface area contributed by atoms with Crippen molar-refractivity contribution in [2.75, 3.05) is 26.2 Å². The lowest BCUT2D eigenvalue weighted by Crippen LogP contribution is -2.48. The second-order valence-electron chi connectivity index (χ2n) is 5.57. The highest BCUT2D eigenvalue weighted by atomic mass is 16.2. The van der Waals surface area contributed by atoms with Crippen molar-refractivity contribution in [3.8, 4) is 0 Å². The number of nitrogens with one attached hydrogen (secondary N) is 1. The van der Waals surface area contributed by atoms with Crippen LogP contribution in [0.15, 0.2) is 16.3 Å². The Bertz CT molecular complexity index is 372. The fourth-order valence-electron chi connectivity index (χ4n) is 1.99. The lowest BCUT2D eigenvalue weighted by molar-refractivity contribution is -0.123. The second-order valence-corrected chi connectivity index (χ2v) is 5.57. The van der Waals surface area contributed by atoms with Gasteiger partial charge in [0, 0.05) is 37.6 Å². The van der Waals surface area contributed by atoms with Crippen LogP contribution in [0.4, 0.5) is 0 Å². The van der Waals surface area contributed by atoms with E-state index < -0.39 is 0 Å². The molecule has 1 aliphatic heterocycles. The number of piperazine rings is 1. The van der Waals surface area contributed by atoms with Gasteiger partial charge in [-0.05, 0) is 25.3 Å². The van der Waals surface area contributed by atoms with Crippen LogP contribution in [0, 0.1) is 5.92 Å². The van der Waals surface area contributed by atoms with Crippen molar-refractivity contribution in [3.05, 3.63) is 11.3 Å². The summed E-state index contributed by atoms with van der Waals surface area (Å²) >= 11 is 0. The van der Waals surface area contributed by atoms with E-state index in [1.54, 1.807) is 0 Å². The molecule has 1 aliphatic rings. The molecule has 0 saturated carbocycles. The summed E-state index contributed by atoms with van der Waals surface area (Å²) in [5.41, 5.74) is 8.08. The second kappa shape index (κ2) is 7.28. The number of allylic oxidation sites excluding steroid dienone is 1. The lowest BCUT2D eigenvalue weighted by Gasteiger charge is -2.27. The molecule has 1 rings (SSSR count). The minimum atomic E-state index is 0.0704. The highest BCUT2D eigenvalue weighted by Gasteiger charge is 2.17. The van der Waals surface area contributed by atoms with Gasteiger partial charge in [0.15, 0.2) is 0 Å². The highest BCUT2D eigenvalue weighted by Crippen LogP contribution is 2.12. The molecule has 0 aromatic heterocycles. The summed E-state index contributed by atoms with van der Waals surface area (Å²) in [5, 5.41) is 2.81. The predicted molar refractivity (Wildman–Crippen MR) is 79.1 cm³/mol. The largest absolute Gasteiger partial charge is 0.401 e. The van der Waals surface area contributed by atoms with Gasteiger partial charge in [-0.2, -0.15) is 0 Å². The van der Waals surface area contributed by atoms with Crippen LogP contribution in [0.3, 0.4) is 0 Å². The van der Waals surface area contributed by atoms with Crippen LogP contribution >= 0.6 is 0 Å². The van der Waals surface area contributed by atoms with Gasteiger partial charge in [-0.25, -0.2) is 0 Å². The van der Waals surface area contributed by atoms with Crippen molar-refractivity contribution in [2.24, 2.45) is 16.6 Å². The molecule has 0 atom stereocenters. The van der Waals surface area contributed by atoms with Gasteiger partial charge in [-0.3, -0.25) is 14.7 Å². The number of carbonyl (C=O) groups excluding carboxylic acids is 1. The zero-order chi connectivity index (χ0) is 14.4. The third-order valence-electron chi connectivity index (χ3n) is 3.02. The van der Waals surface area contributed by atoms with E-state index in [4.69, 9.17) is 5.73 Å². The van der Waals surface area contributed by atoms with Crippen molar-refractivity contribution in [3.63, 3.8) is 0 Å². The van der Waals surface area contributed by atoms with Crippen LogP contribution in [0.1, 0.15) is 27.7 Å². The molecule has 0 radical (unpaired) electrons. The number of amides is 1. The standard InChI is InChI=1S/C14H26N4O/c1-10(2)12(7-17-11(3)4)13(15)8-18-6-5-16-14(19)9-18/h7,10-11H,5-6,8-9,15H2,1-4H3,(H,16,19). The molecule has 108 valence electrons. The lowest BCUT2D eigenvalue weighted by atomic mass is 10.0. The maximum Gasteiger partial charge on any atom is 0.234 e. The summed E-state index contributed by atoms with van der Waals surface area (Å²) in [6.07, 6.45) is 1.88. The fraction of sp³-hybridized carbons (Fsp3) is 0.714. The number of aliphatic imine (C=N–C) groups is 1. The molecular formula is C14H26N4O. The maximum atomic E-state index is 11.3. The van der Waals surface area contributed by atoms with Crippen LogP contribution in [-0.2, 0) is 4.79 Å². The average molecular weight is 266 g/mol.